The Kier molecular flexibility index (Phi) is 4.64. The van der Waals surface area contributed by atoms with Crippen LogP contribution in [0.25, 0.3) is 22.3 Å². The summed E-state index contributed by atoms with van der Waals surface area (Å²) in [4.78, 5) is 4.55. The summed E-state index contributed by atoms with van der Waals surface area (Å²) in [5, 5.41) is 4.38. The average Bonchev–Trinajstić information content (AvgIpc) is 3.00. The number of rotatable bonds is 4. The first kappa shape index (κ1) is 18.6. The van der Waals surface area contributed by atoms with Crippen molar-refractivity contribution in [2.45, 2.75) is 39.4 Å². The Morgan fingerprint density at radius 3 is 2.57 bits per heavy atom. The molecule has 0 bridgehead atoms. The SMILES string of the molecule is CCCCn1nc(C)c2c(C(F)(F)F)cc(-c3ccc4c(c3)OCCO4)nc21. The predicted molar refractivity (Wildman–Crippen MR) is 98.6 cm³/mol. The fraction of sp³-hybridized carbons (Fsp3) is 0.400. The predicted octanol–water partition coefficient (Wildman–Crippen LogP) is 5.00. The van der Waals surface area contributed by atoms with Crippen LogP contribution in [0.5, 0.6) is 11.5 Å². The number of alkyl halides is 3. The van der Waals surface area contributed by atoms with Crippen molar-refractivity contribution in [1.82, 2.24) is 14.8 Å². The zero-order chi connectivity index (χ0) is 19.9. The number of unbranched alkanes of at least 4 members (excludes halogenated alkanes) is 1. The highest BCUT2D eigenvalue weighted by atomic mass is 19.4. The van der Waals surface area contributed by atoms with Crippen molar-refractivity contribution in [3.8, 4) is 22.8 Å². The van der Waals surface area contributed by atoms with Crippen molar-refractivity contribution < 1.29 is 22.6 Å². The highest BCUT2D eigenvalue weighted by molar-refractivity contribution is 5.86. The second-order valence-corrected chi connectivity index (χ2v) is 6.77. The summed E-state index contributed by atoms with van der Waals surface area (Å²) in [7, 11) is 0. The van der Waals surface area contributed by atoms with Crippen molar-refractivity contribution in [3.63, 3.8) is 0 Å². The summed E-state index contributed by atoms with van der Waals surface area (Å²) in [6.45, 7) is 4.99. The van der Waals surface area contributed by atoms with Crippen molar-refractivity contribution in [2.75, 3.05) is 13.2 Å². The van der Waals surface area contributed by atoms with E-state index in [-0.39, 0.29) is 16.7 Å². The van der Waals surface area contributed by atoms with Crippen molar-refractivity contribution in [2.24, 2.45) is 0 Å². The Morgan fingerprint density at radius 1 is 1.11 bits per heavy atom. The molecule has 28 heavy (non-hydrogen) atoms. The highest BCUT2D eigenvalue weighted by Crippen LogP contribution is 2.40. The van der Waals surface area contributed by atoms with Crippen molar-refractivity contribution >= 4 is 11.0 Å². The number of aryl methyl sites for hydroxylation is 2. The average molecular weight is 391 g/mol. The molecule has 0 atom stereocenters. The van der Waals surface area contributed by atoms with Crippen LogP contribution in [0, 0.1) is 6.92 Å². The lowest BCUT2D eigenvalue weighted by Crippen LogP contribution is -2.15. The minimum Gasteiger partial charge on any atom is -0.486 e. The number of hydrogen-bond acceptors (Lipinski definition) is 4. The van der Waals surface area contributed by atoms with E-state index < -0.39 is 11.7 Å². The molecule has 0 unspecified atom stereocenters. The molecule has 1 aliphatic rings. The fourth-order valence-electron chi connectivity index (χ4n) is 3.39. The molecule has 8 heteroatoms. The standard InChI is InChI=1S/C20H20F3N3O2/c1-3-4-7-26-19-18(12(2)25-26)14(20(21,22)23)11-15(24-19)13-5-6-16-17(10-13)28-9-8-27-16/h5-6,10-11H,3-4,7-9H2,1-2H3. The zero-order valence-corrected chi connectivity index (χ0v) is 15.6. The van der Waals surface area contributed by atoms with E-state index in [9.17, 15) is 13.2 Å². The van der Waals surface area contributed by atoms with Crippen LogP contribution in [0.3, 0.4) is 0 Å². The van der Waals surface area contributed by atoms with E-state index in [4.69, 9.17) is 9.47 Å². The topological polar surface area (TPSA) is 49.2 Å². The summed E-state index contributed by atoms with van der Waals surface area (Å²) < 4.78 is 54.1. The van der Waals surface area contributed by atoms with E-state index in [1.54, 1.807) is 29.8 Å². The van der Waals surface area contributed by atoms with Gasteiger partial charge in [0.25, 0.3) is 0 Å². The van der Waals surface area contributed by atoms with E-state index in [1.165, 1.54) is 0 Å². The molecule has 0 fully saturated rings. The van der Waals surface area contributed by atoms with Gasteiger partial charge in [-0.05, 0) is 37.6 Å². The van der Waals surface area contributed by atoms with Gasteiger partial charge < -0.3 is 9.47 Å². The number of benzene rings is 1. The van der Waals surface area contributed by atoms with Gasteiger partial charge in [0, 0.05) is 12.1 Å². The molecule has 3 heterocycles. The third kappa shape index (κ3) is 3.27. The van der Waals surface area contributed by atoms with E-state index in [0.29, 0.717) is 42.5 Å². The van der Waals surface area contributed by atoms with Gasteiger partial charge >= 0.3 is 6.18 Å². The van der Waals surface area contributed by atoms with E-state index >= 15 is 0 Å². The summed E-state index contributed by atoms with van der Waals surface area (Å²) in [5.74, 6) is 1.09. The highest BCUT2D eigenvalue weighted by Gasteiger charge is 2.35. The van der Waals surface area contributed by atoms with Gasteiger partial charge in [0.05, 0.1) is 22.3 Å². The first-order valence-corrected chi connectivity index (χ1v) is 9.24. The first-order chi connectivity index (χ1) is 13.4. The van der Waals surface area contributed by atoms with Gasteiger partial charge in [0.15, 0.2) is 17.1 Å². The third-order valence-electron chi connectivity index (χ3n) is 4.74. The van der Waals surface area contributed by atoms with Gasteiger partial charge in [-0.25, -0.2) is 9.67 Å². The first-order valence-electron chi connectivity index (χ1n) is 9.24. The quantitative estimate of drug-likeness (QED) is 0.628. The lowest BCUT2D eigenvalue weighted by Gasteiger charge is -2.19. The maximum absolute atomic E-state index is 13.8. The molecule has 4 rings (SSSR count). The van der Waals surface area contributed by atoms with Crippen LogP contribution in [0.15, 0.2) is 24.3 Å². The Bertz CT molecular complexity index is 1030. The molecule has 0 spiro atoms. The van der Waals surface area contributed by atoms with Gasteiger partial charge in [-0.3, -0.25) is 0 Å². The smallest absolute Gasteiger partial charge is 0.417 e. The Morgan fingerprint density at radius 2 is 1.86 bits per heavy atom. The molecular formula is C20H20F3N3O2. The van der Waals surface area contributed by atoms with Crippen LogP contribution in [-0.2, 0) is 12.7 Å². The Balaban J connectivity index is 1.91. The summed E-state index contributed by atoms with van der Waals surface area (Å²) >= 11 is 0. The van der Waals surface area contributed by atoms with Crippen LogP contribution >= 0.6 is 0 Å². The summed E-state index contributed by atoms with van der Waals surface area (Å²) in [6, 6.07) is 6.15. The van der Waals surface area contributed by atoms with Gasteiger partial charge in [-0.2, -0.15) is 18.3 Å². The monoisotopic (exact) mass is 391 g/mol. The van der Waals surface area contributed by atoms with Crippen LogP contribution in [0.1, 0.15) is 31.0 Å². The third-order valence-corrected chi connectivity index (χ3v) is 4.74. The number of hydrogen-bond donors (Lipinski definition) is 0. The molecule has 1 aliphatic heterocycles. The largest absolute Gasteiger partial charge is 0.486 e. The molecule has 2 aromatic heterocycles. The molecule has 3 aromatic rings. The van der Waals surface area contributed by atoms with Crippen LogP contribution < -0.4 is 9.47 Å². The molecule has 0 saturated heterocycles. The molecule has 0 radical (unpaired) electrons. The second-order valence-electron chi connectivity index (χ2n) is 6.77. The number of pyridine rings is 1. The van der Waals surface area contributed by atoms with Crippen molar-refractivity contribution in [1.29, 1.82) is 0 Å². The molecule has 148 valence electrons. The number of aromatic nitrogens is 3. The van der Waals surface area contributed by atoms with Crippen LogP contribution in [-0.4, -0.2) is 28.0 Å². The van der Waals surface area contributed by atoms with Gasteiger partial charge in [-0.1, -0.05) is 13.3 Å². The molecule has 0 amide bonds. The number of halogens is 3. The van der Waals surface area contributed by atoms with Gasteiger partial charge in [-0.15, -0.1) is 0 Å². The molecule has 0 aliphatic carbocycles. The molecule has 0 saturated carbocycles. The fourth-order valence-corrected chi connectivity index (χ4v) is 3.39. The number of fused-ring (bicyclic) bond motifs is 2. The van der Waals surface area contributed by atoms with E-state index in [2.05, 4.69) is 10.1 Å². The lowest BCUT2D eigenvalue weighted by molar-refractivity contribution is -0.136. The molecule has 5 nitrogen and oxygen atoms in total. The molecule has 1 aromatic carbocycles. The van der Waals surface area contributed by atoms with Gasteiger partial charge in [0.2, 0.25) is 0 Å². The maximum Gasteiger partial charge on any atom is 0.417 e. The van der Waals surface area contributed by atoms with Crippen molar-refractivity contribution in [3.05, 3.63) is 35.5 Å². The summed E-state index contributed by atoms with van der Waals surface area (Å²) in [5.41, 5.74) is 0.639. The number of nitrogens with zero attached hydrogens (tertiary/aromatic N) is 3. The second kappa shape index (κ2) is 7.00. The maximum atomic E-state index is 13.8. The van der Waals surface area contributed by atoms with Crippen LogP contribution in [0.4, 0.5) is 13.2 Å². The Labute approximate surface area is 160 Å². The van der Waals surface area contributed by atoms with Gasteiger partial charge in [0.1, 0.15) is 13.2 Å². The minimum absolute atomic E-state index is 0.0601. The Hall–Kier alpha value is -2.77. The summed E-state index contributed by atoms with van der Waals surface area (Å²) in [6.07, 6.45) is -2.78. The number of ether oxygens (including phenoxy) is 2. The van der Waals surface area contributed by atoms with E-state index in [0.717, 1.165) is 18.9 Å². The molecule has 0 N–H and O–H groups in total. The molecular weight excluding hydrogens is 371 g/mol. The minimum atomic E-state index is -4.51. The lowest BCUT2D eigenvalue weighted by atomic mass is 10.0. The van der Waals surface area contributed by atoms with Crippen LogP contribution in [0.2, 0.25) is 0 Å². The van der Waals surface area contributed by atoms with E-state index in [1.807, 2.05) is 6.92 Å². The normalized spacial score (nSPS) is 13.9. The zero-order valence-electron chi connectivity index (χ0n) is 15.6.